The first kappa shape index (κ1) is 22.2. The average molecular weight is 467 g/mol. The van der Waals surface area contributed by atoms with Crippen molar-refractivity contribution in [1.29, 1.82) is 0 Å². The number of nitrogens with zero attached hydrogens (tertiary/aromatic N) is 5. The number of fused-ring (bicyclic) bond motifs is 1. The molecule has 0 bridgehead atoms. The Kier molecular flexibility index (Phi) is 6.32. The van der Waals surface area contributed by atoms with E-state index >= 15 is 0 Å². The lowest BCUT2D eigenvalue weighted by Crippen LogP contribution is -2.64. The van der Waals surface area contributed by atoms with Gasteiger partial charge in [-0.2, -0.15) is 0 Å². The van der Waals surface area contributed by atoms with Crippen molar-refractivity contribution in [2.24, 2.45) is 10.9 Å². The van der Waals surface area contributed by atoms with E-state index in [1.54, 1.807) is 19.2 Å². The SMILES string of the molecule is CC(C)CN1CCN(C2=NC3C(C(=O)NC(=O)N3C)N2Cc2ccc(Cl)cc2Cl)CC1. The first-order valence-electron chi connectivity index (χ1n) is 10.6. The number of hydrogen-bond donors (Lipinski definition) is 1. The highest BCUT2D eigenvalue weighted by molar-refractivity contribution is 6.35. The van der Waals surface area contributed by atoms with Crippen LogP contribution < -0.4 is 5.32 Å². The maximum absolute atomic E-state index is 12.8. The molecule has 4 rings (SSSR count). The molecule has 1 N–H and O–H groups in total. The minimum atomic E-state index is -0.599. The summed E-state index contributed by atoms with van der Waals surface area (Å²) >= 11 is 12.5. The summed E-state index contributed by atoms with van der Waals surface area (Å²) in [5.74, 6) is 1.02. The highest BCUT2D eigenvalue weighted by Gasteiger charge is 2.50. The van der Waals surface area contributed by atoms with Crippen LogP contribution in [0.1, 0.15) is 19.4 Å². The normalized spacial score (nSPS) is 24.6. The van der Waals surface area contributed by atoms with Gasteiger partial charge < -0.3 is 14.7 Å². The molecule has 3 aliphatic rings. The molecule has 1 aromatic carbocycles. The van der Waals surface area contributed by atoms with E-state index < -0.39 is 18.2 Å². The molecule has 2 unspecified atom stereocenters. The second kappa shape index (κ2) is 8.84. The van der Waals surface area contributed by atoms with Crippen molar-refractivity contribution in [3.05, 3.63) is 33.8 Å². The molecule has 0 aliphatic carbocycles. The molecular formula is C21H28Cl2N6O2. The fourth-order valence-corrected chi connectivity index (χ4v) is 4.89. The van der Waals surface area contributed by atoms with Gasteiger partial charge in [-0.3, -0.25) is 15.0 Å². The maximum Gasteiger partial charge on any atom is 0.325 e. The Bertz CT molecular complexity index is 900. The Morgan fingerprint density at radius 3 is 2.52 bits per heavy atom. The molecule has 3 amide bonds. The number of urea groups is 1. The molecule has 2 atom stereocenters. The number of benzene rings is 1. The molecule has 8 nitrogen and oxygen atoms in total. The molecule has 168 valence electrons. The Balaban J connectivity index is 1.60. The first-order valence-corrected chi connectivity index (χ1v) is 11.3. The summed E-state index contributed by atoms with van der Waals surface area (Å²) in [5, 5.41) is 3.54. The smallest absolute Gasteiger partial charge is 0.325 e. The van der Waals surface area contributed by atoms with Crippen LogP contribution in [-0.2, 0) is 11.3 Å². The number of carbonyl (C=O) groups is 2. The molecule has 3 aliphatic heterocycles. The van der Waals surface area contributed by atoms with Crippen LogP contribution in [0.2, 0.25) is 10.0 Å². The summed E-state index contributed by atoms with van der Waals surface area (Å²) < 4.78 is 0. The van der Waals surface area contributed by atoms with Gasteiger partial charge in [-0.25, -0.2) is 9.79 Å². The molecule has 0 spiro atoms. The third-order valence-corrected chi connectivity index (χ3v) is 6.56. The predicted octanol–water partition coefficient (Wildman–Crippen LogP) is 2.31. The van der Waals surface area contributed by atoms with Crippen LogP contribution >= 0.6 is 23.2 Å². The van der Waals surface area contributed by atoms with Gasteiger partial charge in [0, 0.05) is 56.4 Å². The highest BCUT2D eigenvalue weighted by Crippen LogP contribution is 2.30. The molecule has 2 fully saturated rings. The zero-order valence-electron chi connectivity index (χ0n) is 18.0. The van der Waals surface area contributed by atoms with E-state index in [1.807, 2.05) is 11.0 Å². The third kappa shape index (κ3) is 4.47. The summed E-state index contributed by atoms with van der Waals surface area (Å²) in [6.07, 6.45) is -0.559. The topological polar surface area (TPSA) is 71.5 Å². The summed E-state index contributed by atoms with van der Waals surface area (Å²) in [6, 6.07) is 4.32. The predicted molar refractivity (Wildman–Crippen MR) is 121 cm³/mol. The molecule has 1 aromatic rings. The van der Waals surface area contributed by atoms with Crippen molar-refractivity contribution in [1.82, 2.24) is 24.9 Å². The lowest BCUT2D eigenvalue weighted by Gasteiger charge is -2.40. The quantitative estimate of drug-likeness (QED) is 0.736. The summed E-state index contributed by atoms with van der Waals surface area (Å²) in [5.41, 5.74) is 0.852. The summed E-state index contributed by atoms with van der Waals surface area (Å²) in [7, 11) is 1.67. The lowest BCUT2D eigenvalue weighted by atomic mass is 10.1. The van der Waals surface area contributed by atoms with Crippen molar-refractivity contribution in [2.45, 2.75) is 32.6 Å². The zero-order valence-corrected chi connectivity index (χ0v) is 19.5. The van der Waals surface area contributed by atoms with E-state index in [0.29, 0.717) is 22.5 Å². The molecule has 0 aromatic heterocycles. The van der Waals surface area contributed by atoms with E-state index in [0.717, 1.165) is 44.2 Å². The van der Waals surface area contributed by atoms with E-state index in [4.69, 9.17) is 28.2 Å². The first-order chi connectivity index (χ1) is 14.7. The van der Waals surface area contributed by atoms with Gasteiger partial charge in [0.15, 0.2) is 18.2 Å². The van der Waals surface area contributed by atoms with Gasteiger partial charge in [-0.1, -0.05) is 43.1 Å². The van der Waals surface area contributed by atoms with Crippen LogP contribution in [0.25, 0.3) is 0 Å². The van der Waals surface area contributed by atoms with Crippen molar-refractivity contribution in [3.8, 4) is 0 Å². The van der Waals surface area contributed by atoms with Gasteiger partial charge in [0.05, 0.1) is 0 Å². The van der Waals surface area contributed by atoms with Gasteiger partial charge >= 0.3 is 6.03 Å². The van der Waals surface area contributed by atoms with Gasteiger partial charge in [-0.05, 0) is 23.6 Å². The second-order valence-corrected chi connectivity index (χ2v) is 9.58. The zero-order chi connectivity index (χ0) is 22.3. The minimum absolute atomic E-state index is 0.338. The molecule has 3 heterocycles. The molecule has 31 heavy (non-hydrogen) atoms. The van der Waals surface area contributed by atoms with Crippen LogP contribution in [0, 0.1) is 5.92 Å². The number of likely N-dealkylation sites (N-methyl/N-ethyl adjacent to an activating group) is 1. The van der Waals surface area contributed by atoms with Crippen molar-refractivity contribution < 1.29 is 9.59 Å². The summed E-state index contributed by atoms with van der Waals surface area (Å²) in [4.78, 5) is 38.0. The lowest BCUT2D eigenvalue weighted by molar-refractivity contribution is -0.127. The average Bonchev–Trinajstić information content (AvgIpc) is 3.08. The maximum atomic E-state index is 12.8. The fraction of sp³-hybridized carbons (Fsp3) is 0.571. The van der Waals surface area contributed by atoms with Gasteiger partial charge in [0.2, 0.25) is 0 Å². The van der Waals surface area contributed by atoms with E-state index in [1.165, 1.54) is 4.90 Å². The van der Waals surface area contributed by atoms with Crippen molar-refractivity contribution in [3.63, 3.8) is 0 Å². The van der Waals surface area contributed by atoms with Gasteiger partial charge in [0.1, 0.15) is 0 Å². The van der Waals surface area contributed by atoms with Crippen molar-refractivity contribution in [2.75, 3.05) is 39.8 Å². The number of halogens is 2. The summed E-state index contributed by atoms with van der Waals surface area (Å²) in [6.45, 7) is 9.41. The second-order valence-electron chi connectivity index (χ2n) is 8.74. The number of nitrogens with one attached hydrogen (secondary N) is 1. The van der Waals surface area contributed by atoms with Crippen molar-refractivity contribution >= 4 is 41.1 Å². The number of guanidine groups is 1. The molecule has 0 saturated carbocycles. The van der Waals surface area contributed by atoms with Crippen LogP contribution in [-0.4, -0.2) is 89.5 Å². The molecule has 10 heteroatoms. The number of hydrogen-bond acceptors (Lipinski definition) is 6. The molecule has 2 saturated heterocycles. The largest absolute Gasteiger partial charge is 0.340 e. The van der Waals surface area contributed by atoms with Crippen LogP contribution in [0.3, 0.4) is 0 Å². The fourth-order valence-electron chi connectivity index (χ4n) is 4.42. The van der Waals surface area contributed by atoms with E-state index in [9.17, 15) is 9.59 Å². The van der Waals surface area contributed by atoms with Crippen LogP contribution in [0.4, 0.5) is 4.79 Å². The van der Waals surface area contributed by atoms with Gasteiger partial charge in [-0.15, -0.1) is 0 Å². The molecular weight excluding hydrogens is 439 g/mol. The monoisotopic (exact) mass is 466 g/mol. The van der Waals surface area contributed by atoms with Crippen LogP contribution in [0.5, 0.6) is 0 Å². The number of imide groups is 1. The number of carbonyl (C=O) groups excluding carboxylic acids is 2. The number of aliphatic imine (C=N–C) groups is 1. The minimum Gasteiger partial charge on any atom is -0.340 e. The highest BCUT2D eigenvalue weighted by atomic mass is 35.5. The number of rotatable bonds is 4. The van der Waals surface area contributed by atoms with Crippen LogP contribution in [0.15, 0.2) is 23.2 Å². The number of piperazine rings is 1. The molecule has 0 radical (unpaired) electrons. The Morgan fingerprint density at radius 2 is 1.87 bits per heavy atom. The third-order valence-electron chi connectivity index (χ3n) is 5.97. The number of amides is 3. The van der Waals surface area contributed by atoms with E-state index in [-0.39, 0.29) is 5.91 Å². The Labute approximate surface area is 192 Å². The standard InChI is InChI=1S/C21H28Cl2N6O2/c1-13(2)11-27-6-8-28(9-7-27)20-24-18-17(19(30)25-21(31)26(18)3)29(20)12-14-4-5-15(22)10-16(14)23/h4-5,10,13,17-18H,6-9,11-12H2,1-3H3,(H,25,30,31). The van der Waals surface area contributed by atoms with Gasteiger partial charge in [0.25, 0.3) is 5.91 Å². The van der Waals surface area contributed by atoms with E-state index in [2.05, 4.69) is 29.0 Å². The Morgan fingerprint density at radius 1 is 1.16 bits per heavy atom. The Hall–Kier alpha value is -2.03.